The second kappa shape index (κ2) is 4.86. The van der Waals surface area contributed by atoms with Crippen LogP contribution in [-0.2, 0) is 12.8 Å². The van der Waals surface area contributed by atoms with E-state index >= 15 is 0 Å². The zero-order valence-electron chi connectivity index (χ0n) is 10.7. The van der Waals surface area contributed by atoms with Crippen molar-refractivity contribution in [2.24, 2.45) is 5.73 Å². The average Bonchev–Trinajstić information content (AvgIpc) is 3.00. The zero-order valence-corrected chi connectivity index (χ0v) is 11.5. The number of unbranched alkanes of at least 4 members (excludes halogenated alkanes) is 1. The van der Waals surface area contributed by atoms with Crippen LogP contribution in [0.2, 0.25) is 0 Å². The van der Waals surface area contributed by atoms with Crippen LogP contribution in [0.1, 0.15) is 48.6 Å². The Labute approximate surface area is 111 Å². The average molecular weight is 261 g/mol. The molecule has 96 valence electrons. The molecule has 0 saturated heterocycles. The first-order chi connectivity index (χ1) is 8.79. The predicted octanol–water partition coefficient (Wildman–Crippen LogP) is 3.43. The van der Waals surface area contributed by atoms with Crippen LogP contribution in [0.3, 0.4) is 0 Å². The Balaban J connectivity index is 1.89. The second-order valence-corrected chi connectivity index (χ2v) is 5.96. The van der Waals surface area contributed by atoms with E-state index in [1.54, 1.807) is 0 Å². The number of H-pyrrole nitrogens is 1. The summed E-state index contributed by atoms with van der Waals surface area (Å²) >= 11 is 1.84. The zero-order chi connectivity index (χ0) is 12.5. The Kier molecular flexibility index (Phi) is 3.22. The molecule has 1 atom stereocenters. The molecule has 1 unspecified atom stereocenters. The Bertz CT molecular complexity index is 541. The highest BCUT2D eigenvalue weighted by atomic mass is 32.1. The van der Waals surface area contributed by atoms with E-state index in [4.69, 9.17) is 10.7 Å². The molecule has 4 heteroatoms. The van der Waals surface area contributed by atoms with Gasteiger partial charge in [-0.15, -0.1) is 11.3 Å². The van der Waals surface area contributed by atoms with Gasteiger partial charge >= 0.3 is 0 Å². The van der Waals surface area contributed by atoms with Crippen molar-refractivity contribution in [2.75, 3.05) is 0 Å². The molecule has 0 radical (unpaired) electrons. The van der Waals surface area contributed by atoms with E-state index in [0.717, 1.165) is 37.2 Å². The summed E-state index contributed by atoms with van der Waals surface area (Å²) in [5.41, 5.74) is 9.91. The standard InChI is InChI=1S/C14H19N3S/c1-2-3-4-10(15)14-16-11-5-6-12-9(7-8-18-12)13(11)17-14/h7-8,10H,2-6,15H2,1H3,(H,16,17). The van der Waals surface area contributed by atoms with Crippen LogP contribution in [0.4, 0.5) is 0 Å². The summed E-state index contributed by atoms with van der Waals surface area (Å²) in [6.45, 7) is 2.19. The third-order valence-electron chi connectivity index (χ3n) is 3.62. The van der Waals surface area contributed by atoms with Crippen LogP contribution in [0, 0.1) is 0 Å². The van der Waals surface area contributed by atoms with Gasteiger partial charge in [0.1, 0.15) is 5.82 Å². The summed E-state index contributed by atoms with van der Waals surface area (Å²) < 4.78 is 0. The molecule has 3 rings (SSSR count). The predicted molar refractivity (Wildman–Crippen MR) is 75.8 cm³/mol. The summed E-state index contributed by atoms with van der Waals surface area (Å²) in [5.74, 6) is 0.965. The van der Waals surface area contributed by atoms with Crippen LogP contribution < -0.4 is 5.73 Å². The highest BCUT2D eigenvalue weighted by Crippen LogP contribution is 2.35. The van der Waals surface area contributed by atoms with Crippen molar-refractivity contribution >= 4 is 11.3 Å². The topological polar surface area (TPSA) is 54.7 Å². The first-order valence-corrected chi connectivity index (χ1v) is 7.58. The summed E-state index contributed by atoms with van der Waals surface area (Å²) in [6, 6.07) is 2.23. The molecule has 0 bridgehead atoms. The number of hydrogen-bond acceptors (Lipinski definition) is 3. The van der Waals surface area contributed by atoms with Gasteiger partial charge in [-0.3, -0.25) is 0 Å². The van der Waals surface area contributed by atoms with Crippen molar-refractivity contribution < 1.29 is 0 Å². The smallest absolute Gasteiger partial charge is 0.123 e. The molecule has 3 nitrogen and oxygen atoms in total. The highest BCUT2D eigenvalue weighted by Gasteiger charge is 2.22. The number of nitrogens with one attached hydrogen (secondary N) is 1. The van der Waals surface area contributed by atoms with Crippen molar-refractivity contribution in [3.63, 3.8) is 0 Å². The van der Waals surface area contributed by atoms with E-state index in [-0.39, 0.29) is 6.04 Å². The molecule has 2 heterocycles. The normalized spacial score (nSPS) is 15.2. The van der Waals surface area contributed by atoms with E-state index in [1.807, 2.05) is 11.3 Å². The number of aromatic nitrogens is 2. The molecule has 0 aromatic carbocycles. The van der Waals surface area contributed by atoms with Gasteiger partial charge in [-0.05, 0) is 30.7 Å². The minimum Gasteiger partial charge on any atom is -0.344 e. The molecule has 0 fully saturated rings. The second-order valence-electron chi connectivity index (χ2n) is 4.96. The maximum Gasteiger partial charge on any atom is 0.123 e. The Hall–Kier alpha value is -1.13. The lowest BCUT2D eigenvalue weighted by Gasteiger charge is -2.09. The summed E-state index contributed by atoms with van der Waals surface area (Å²) in [5, 5.41) is 2.16. The molecule has 1 aliphatic carbocycles. The van der Waals surface area contributed by atoms with Crippen molar-refractivity contribution in [1.82, 2.24) is 9.97 Å². The van der Waals surface area contributed by atoms with Crippen molar-refractivity contribution in [3.8, 4) is 11.3 Å². The van der Waals surface area contributed by atoms with Gasteiger partial charge in [-0.1, -0.05) is 19.8 Å². The monoisotopic (exact) mass is 261 g/mol. The van der Waals surface area contributed by atoms with Crippen LogP contribution >= 0.6 is 11.3 Å². The maximum atomic E-state index is 6.20. The number of nitrogens with zero attached hydrogens (tertiary/aromatic N) is 1. The van der Waals surface area contributed by atoms with Crippen molar-refractivity contribution in [2.45, 2.75) is 45.1 Å². The lowest BCUT2D eigenvalue weighted by molar-refractivity contribution is 0.579. The number of fused-ring (bicyclic) bond motifs is 3. The molecule has 2 aromatic heterocycles. The number of thiophene rings is 1. The largest absolute Gasteiger partial charge is 0.344 e. The lowest BCUT2D eigenvalue weighted by atomic mass is 10.0. The molecule has 3 N–H and O–H groups in total. The van der Waals surface area contributed by atoms with E-state index in [2.05, 4.69) is 23.4 Å². The molecule has 0 saturated carbocycles. The van der Waals surface area contributed by atoms with Gasteiger partial charge in [-0.25, -0.2) is 4.98 Å². The molecule has 0 aliphatic heterocycles. The number of imidazole rings is 1. The van der Waals surface area contributed by atoms with Gasteiger partial charge in [0.05, 0.1) is 11.7 Å². The van der Waals surface area contributed by atoms with Crippen molar-refractivity contribution in [1.29, 1.82) is 0 Å². The van der Waals surface area contributed by atoms with Crippen LogP contribution in [0.25, 0.3) is 11.3 Å². The van der Waals surface area contributed by atoms with E-state index in [9.17, 15) is 0 Å². The Morgan fingerprint density at radius 1 is 1.50 bits per heavy atom. The molecule has 0 spiro atoms. The summed E-state index contributed by atoms with van der Waals surface area (Å²) in [7, 11) is 0. The SMILES string of the molecule is CCCCC(N)c1nc2c([nH]1)CCc1sccc1-2. The lowest BCUT2D eigenvalue weighted by Crippen LogP contribution is -2.11. The molecule has 2 aromatic rings. The molecule has 0 amide bonds. The number of rotatable bonds is 4. The molecule has 1 aliphatic rings. The fourth-order valence-electron chi connectivity index (χ4n) is 2.55. The third-order valence-corrected chi connectivity index (χ3v) is 4.60. The fraction of sp³-hybridized carbons (Fsp3) is 0.500. The highest BCUT2D eigenvalue weighted by molar-refractivity contribution is 7.10. The van der Waals surface area contributed by atoms with Gasteiger partial charge in [0, 0.05) is 16.1 Å². The maximum absolute atomic E-state index is 6.20. The van der Waals surface area contributed by atoms with Crippen LogP contribution in [0.5, 0.6) is 0 Å². The van der Waals surface area contributed by atoms with Gasteiger partial charge in [0.15, 0.2) is 0 Å². The number of aryl methyl sites for hydroxylation is 2. The summed E-state index contributed by atoms with van der Waals surface area (Å²) in [4.78, 5) is 9.65. The van der Waals surface area contributed by atoms with E-state index in [1.165, 1.54) is 22.6 Å². The first kappa shape index (κ1) is 11.9. The molecular formula is C14H19N3S. The quantitative estimate of drug-likeness (QED) is 0.886. The fourth-order valence-corrected chi connectivity index (χ4v) is 3.43. The number of hydrogen-bond donors (Lipinski definition) is 2. The number of aromatic amines is 1. The Morgan fingerprint density at radius 2 is 2.39 bits per heavy atom. The van der Waals surface area contributed by atoms with Gasteiger partial charge in [0.25, 0.3) is 0 Å². The van der Waals surface area contributed by atoms with E-state index in [0.29, 0.717) is 0 Å². The minimum atomic E-state index is 0.0534. The third kappa shape index (κ3) is 1.99. The number of nitrogens with two attached hydrogens (primary N) is 1. The van der Waals surface area contributed by atoms with Crippen molar-refractivity contribution in [3.05, 3.63) is 27.8 Å². The Morgan fingerprint density at radius 3 is 3.22 bits per heavy atom. The van der Waals surface area contributed by atoms with Crippen LogP contribution in [0.15, 0.2) is 11.4 Å². The van der Waals surface area contributed by atoms with E-state index < -0.39 is 0 Å². The molecule has 18 heavy (non-hydrogen) atoms. The first-order valence-electron chi connectivity index (χ1n) is 6.70. The van der Waals surface area contributed by atoms with Gasteiger partial charge < -0.3 is 10.7 Å². The van der Waals surface area contributed by atoms with Gasteiger partial charge in [0.2, 0.25) is 0 Å². The molecular weight excluding hydrogens is 242 g/mol. The van der Waals surface area contributed by atoms with Gasteiger partial charge in [-0.2, -0.15) is 0 Å². The minimum absolute atomic E-state index is 0.0534. The summed E-state index contributed by atoms with van der Waals surface area (Å²) in [6.07, 6.45) is 5.56. The van der Waals surface area contributed by atoms with Crippen LogP contribution in [-0.4, -0.2) is 9.97 Å².